The molecule has 3 nitrogen and oxygen atoms in total. The number of anilines is 1. The molecule has 0 bridgehead atoms. The van der Waals surface area contributed by atoms with Crippen molar-refractivity contribution < 1.29 is 0 Å². The van der Waals surface area contributed by atoms with Gasteiger partial charge in [0.05, 0.1) is 0 Å². The summed E-state index contributed by atoms with van der Waals surface area (Å²) in [4.78, 5) is 4.96. The number of hydrogen-bond acceptors (Lipinski definition) is 3. The van der Waals surface area contributed by atoms with Crippen LogP contribution >= 0.6 is 0 Å². The second-order valence-corrected chi connectivity index (χ2v) is 6.65. The van der Waals surface area contributed by atoms with Crippen LogP contribution in [-0.2, 0) is 6.54 Å². The Labute approximate surface area is 127 Å². The van der Waals surface area contributed by atoms with Crippen LogP contribution in [0.1, 0.15) is 19.4 Å². The number of rotatable bonds is 2. The van der Waals surface area contributed by atoms with E-state index in [-0.39, 0.29) is 5.54 Å². The van der Waals surface area contributed by atoms with E-state index >= 15 is 0 Å². The molecule has 0 spiro atoms. The van der Waals surface area contributed by atoms with Crippen LogP contribution in [0, 0.1) is 0 Å². The quantitative estimate of drug-likeness (QED) is 0.920. The van der Waals surface area contributed by atoms with Gasteiger partial charge in [0.2, 0.25) is 0 Å². The number of fused-ring (bicyclic) bond motifs is 1. The van der Waals surface area contributed by atoms with Gasteiger partial charge in [-0.25, -0.2) is 0 Å². The minimum absolute atomic E-state index is 0.200. The lowest BCUT2D eigenvalue weighted by atomic mass is 9.97. The first-order valence-corrected chi connectivity index (χ1v) is 7.70. The Morgan fingerprint density at radius 2 is 1.76 bits per heavy atom. The van der Waals surface area contributed by atoms with Crippen LogP contribution in [0.25, 0.3) is 10.8 Å². The van der Waals surface area contributed by atoms with Crippen LogP contribution in [0.2, 0.25) is 0 Å². The minimum atomic E-state index is 0.200. The van der Waals surface area contributed by atoms with Gasteiger partial charge in [0.1, 0.15) is 0 Å². The van der Waals surface area contributed by atoms with Gasteiger partial charge in [-0.2, -0.15) is 0 Å². The van der Waals surface area contributed by atoms with E-state index in [1.165, 1.54) is 22.0 Å². The maximum Gasteiger partial charge on any atom is 0.0447 e. The molecular weight excluding hydrogens is 258 g/mol. The first-order valence-electron chi connectivity index (χ1n) is 7.70. The molecule has 3 rings (SSSR count). The Morgan fingerprint density at radius 3 is 2.43 bits per heavy atom. The minimum Gasteiger partial charge on any atom is -0.368 e. The molecule has 1 fully saturated rings. The number of nitrogens with two attached hydrogens (primary N) is 1. The summed E-state index contributed by atoms with van der Waals surface area (Å²) in [5, 5.41) is 2.61. The molecule has 1 saturated heterocycles. The van der Waals surface area contributed by atoms with E-state index in [1.807, 2.05) is 0 Å². The first kappa shape index (κ1) is 14.4. The molecule has 0 radical (unpaired) electrons. The van der Waals surface area contributed by atoms with Crippen molar-refractivity contribution in [2.24, 2.45) is 5.73 Å². The number of piperazine rings is 1. The Morgan fingerprint density at radius 1 is 1.05 bits per heavy atom. The second kappa shape index (κ2) is 5.32. The molecule has 1 aliphatic heterocycles. The number of hydrogen-bond donors (Lipinski definition) is 1. The van der Waals surface area contributed by atoms with Crippen LogP contribution in [0.5, 0.6) is 0 Å². The molecule has 1 aliphatic rings. The largest absolute Gasteiger partial charge is 0.368 e. The summed E-state index contributed by atoms with van der Waals surface area (Å²) < 4.78 is 0. The third-order valence-electron chi connectivity index (χ3n) is 4.87. The highest BCUT2D eigenvalue weighted by Gasteiger charge is 2.31. The summed E-state index contributed by atoms with van der Waals surface area (Å²) in [6, 6.07) is 13.0. The molecular formula is C18H25N3. The van der Waals surface area contributed by atoms with Gasteiger partial charge in [-0.3, -0.25) is 4.90 Å². The summed E-state index contributed by atoms with van der Waals surface area (Å²) in [5.41, 5.74) is 8.65. The molecule has 112 valence electrons. The molecule has 2 N–H and O–H groups in total. The number of benzene rings is 2. The van der Waals surface area contributed by atoms with Crippen molar-refractivity contribution in [2.75, 3.05) is 31.6 Å². The topological polar surface area (TPSA) is 32.5 Å². The zero-order valence-electron chi connectivity index (χ0n) is 13.3. The predicted molar refractivity (Wildman–Crippen MR) is 90.8 cm³/mol. The summed E-state index contributed by atoms with van der Waals surface area (Å²) in [7, 11) is 2.22. The fourth-order valence-corrected chi connectivity index (χ4v) is 3.25. The van der Waals surface area contributed by atoms with Crippen LogP contribution in [0.4, 0.5) is 5.69 Å². The molecule has 3 heteroatoms. The van der Waals surface area contributed by atoms with Crippen molar-refractivity contribution in [2.45, 2.75) is 25.9 Å². The van der Waals surface area contributed by atoms with Crippen molar-refractivity contribution in [1.29, 1.82) is 0 Å². The van der Waals surface area contributed by atoms with Crippen LogP contribution in [0.3, 0.4) is 0 Å². The first-order chi connectivity index (χ1) is 10.0. The van der Waals surface area contributed by atoms with E-state index < -0.39 is 0 Å². The van der Waals surface area contributed by atoms with E-state index in [4.69, 9.17) is 5.73 Å². The lowest BCUT2D eigenvalue weighted by Gasteiger charge is -2.46. The van der Waals surface area contributed by atoms with Crippen LogP contribution < -0.4 is 10.6 Å². The zero-order chi connectivity index (χ0) is 15.0. The fraction of sp³-hybridized carbons (Fsp3) is 0.444. The molecule has 0 atom stereocenters. The summed E-state index contributed by atoms with van der Waals surface area (Å²) in [5.74, 6) is 0. The zero-order valence-corrected chi connectivity index (χ0v) is 13.3. The smallest absolute Gasteiger partial charge is 0.0447 e. The maximum atomic E-state index is 5.89. The van der Waals surface area contributed by atoms with Crippen molar-refractivity contribution in [3.05, 3.63) is 42.0 Å². The van der Waals surface area contributed by atoms with E-state index in [1.54, 1.807) is 0 Å². The molecule has 0 saturated carbocycles. The van der Waals surface area contributed by atoms with E-state index in [2.05, 4.69) is 67.1 Å². The third-order valence-corrected chi connectivity index (χ3v) is 4.87. The Kier molecular flexibility index (Phi) is 3.64. The van der Waals surface area contributed by atoms with Crippen molar-refractivity contribution in [3.8, 4) is 0 Å². The van der Waals surface area contributed by atoms with Gasteiger partial charge in [0.15, 0.2) is 0 Å². The molecule has 2 aromatic carbocycles. The Hall–Kier alpha value is -1.58. The van der Waals surface area contributed by atoms with Gasteiger partial charge < -0.3 is 10.6 Å². The molecule has 1 heterocycles. The van der Waals surface area contributed by atoms with Gasteiger partial charge >= 0.3 is 0 Å². The highest BCUT2D eigenvalue weighted by molar-refractivity contribution is 5.96. The average molecular weight is 283 g/mol. The van der Waals surface area contributed by atoms with Crippen molar-refractivity contribution in [3.63, 3.8) is 0 Å². The van der Waals surface area contributed by atoms with Gasteiger partial charge in [-0.05, 0) is 37.9 Å². The summed E-state index contributed by atoms with van der Waals surface area (Å²) >= 11 is 0. The average Bonchev–Trinajstić information content (AvgIpc) is 2.49. The lowest BCUT2D eigenvalue weighted by molar-refractivity contribution is 0.139. The molecule has 2 aromatic rings. The van der Waals surface area contributed by atoms with Gasteiger partial charge in [-0.1, -0.05) is 30.3 Å². The second-order valence-electron chi connectivity index (χ2n) is 6.65. The molecule has 0 unspecified atom stereocenters. The fourth-order valence-electron chi connectivity index (χ4n) is 3.25. The molecule has 0 aliphatic carbocycles. The number of likely N-dealkylation sites (N-methyl/N-ethyl adjacent to an activating group) is 1. The van der Waals surface area contributed by atoms with Crippen LogP contribution in [-0.4, -0.2) is 37.1 Å². The highest BCUT2D eigenvalue weighted by Crippen LogP contribution is 2.32. The third kappa shape index (κ3) is 2.52. The Balaban J connectivity index is 2.05. The van der Waals surface area contributed by atoms with Crippen LogP contribution in [0.15, 0.2) is 36.4 Å². The summed E-state index contributed by atoms with van der Waals surface area (Å²) in [6.45, 7) is 8.45. The molecule has 0 aromatic heterocycles. The van der Waals surface area contributed by atoms with Crippen molar-refractivity contribution in [1.82, 2.24) is 4.90 Å². The monoisotopic (exact) mass is 283 g/mol. The van der Waals surface area contributed by atoms with Gasteiger partial charge in [0, 0.05) is 42.8 Å². The predicted octanol–water partition coefficient (Wildman–Crippen LogP) is 2.83. The van der Waals surface area contributed by atoms with Gasteiger partial charge in [0.25, 0.3) is 0 Å². The summed E-state index contributed by atoms with van der Waals surface area (Å²) in [6.07, 6.45) is 0. The van der Waals surface area contributed by atoms with E-state index in [0.717, 1.165) is 19.6 Å². The normalized spacial score (nSPS) is 19.1. The highest BCUT2D eigenvalue weighted by atomic mass is 15.3. The molecule has 0 amide bonds. The molecule has 21 heavy (non-hydrogen) atoms. The maximum absolute atomic E-state index is 5.89. The van der Waals surface area contributed by atoms with Crippen molar-refractivity contribution >= 4 is 16.5 Å². The van der Waals surface area contributed by atoms with E-state index in [9.17, 15) is 0 Å². The Bertz CT molecular complexity index is 648. The SMILES string of the molecule is CN1CCN(c2ccc(CN)c3ccccc23)CC1(C)C. The van der Waals surface area contributed by atoms with Gasteiger partial charge in [-0.15, -0.1) is 0 Å². The lowest BCUT2D eigenvalue weighted by Crippen LogP contribution is -2.57. The number of nitrogens with zero attached hydrogens (tertiary/aromatic N) is 2. The standard InChI is InChI=1S/C18H25N3/c1-18(2)13-21(11-10-20(18)3)17-9-8-14(12-19)15-6-4-5-7-16(15)17/h4-9H,10-13,19H2,1-3H3. The van der Waals surface area contributed by atoms with E-state index in [0.29, 0.717) is 6.54 Å².